The minimum absolute atomic E-state index is 0.116. The summed E-state index contributed by atoms with van der Waals surface area (Å²) in [5.74, 6) is 0.210. The van der Waals surface area contributed by atoms with Crippen molar-refractivity contribution in [3.63, 3.8) is 0 Å². The second-order valence-corrected chi connectivity index (χ2v) is 6.12. The van der Waals surface area contributed by atoms with E-state index >= 15 is 0 Å². The van der Waals surface area contributed by atoms with E-state index in [0.717, 1.165) is 31.6 Å². The SMILES string of the molecule is C[C@@H](C(=O)N1CCc2ccccc21)N1CCc2ccccc21. The van der Waals surface area contributed by atoms with Crippen molar-refractivity contribution in [1.29, 1.82) is 0 Å². The van der Waals surface area contributed by atoms with Crippen LogP contribution in [0.25, 0.3) is 0 Å². The molecule has 3 heteroatoms. The molecule has 0 fully saturated rings. The molecule has 0 spiro atoms. The highest BCUT2D eigenvalue weighted by Gasteiger charge is 2.33. The van der Waals surface area contributed by atoms with Gasteiger partial charge in [0, 0.05) is 24.5 Å². The normalized spacial score (nSPS) is 17.3. The van der Waals surface area contributed by atoms with Crippen molar-refractivity contribution < 1.29 is 4.79 Å². The Morgan fingerprint density at radius 2 is 1.50 bits per heavy atom. The lowest BCUT2D eigenvalue weighted by Crippen LogP contribution is -2.46. The molecule has 0 aromatic heterocycles. The number of amides is 1. The van der Waals surface area contributed by atoms with Crippen LogP contribution in [-0.4, -0.2) is 25.0 Å². The molecule has 0 radical (unpaired) electrons. The molecule has 22 heavy (non-hydrogen) atoms. The second kappa shape index (κ2) is 5.16. The van der Waals surface area contributed by atoms with Gasteiger partial charge in [-0.1, -0.05) is 36.4 Å². The Morgan fingerprint density at radius 1 is 0.909 bits per heavy atom. The van der Waals surface area contributed by atoms with Gasteiger partial charge in [0.15, 0.2) is 0 Å². The Bertz CT molecular complexity index is 725. The fraction of sp³-hybridized carbons (Fsp3) is 0.316. The Hall–Kier alpha value is -2.29. The number of rotatable bonds is 2. The largest absolute Gasteiger partial charge is 0.359 e. The zero-order valence-electron chi connectivity index (χ0n) is 12.8. The number of carbonyl (C=O) groups excluding carboxylic acids is 1. The molecule has 2 aromatic rings. The lowest BCUT2D eigenvalue weighted by atomic mass is 10.1. The number of nitrogens with zero attached hydrogens (tertiary/aromatic N) is 2. The average molecular weight is 292 g/mol. The monoisotopic (exact) mass is 292 g/mol. The van der Waals surface area contributed by atoms with Crippen LogP contribution in [0, 0.1) is 0 Å². The molecular weight excluding hydrogens is 272 g/mol. The van der Waals surface area contributed by atoms with Crippen LogP contribution in [0.2, 0.25) is 0 Å². The van der Waals surface area contributed by atoms with E-state index in [4.69, 9.17) is 0 Å². The van der Waals surface area contributed by atoms with Crippen LogP contribution < -0.4 is 9.80 Å². The van der Waals surface area contributed by atoms with Crippen LogP contribution in [0.4, 0.5) is 11.4 Å². The van der Waals surface area contributed by atoms with Gasteiger partial charge in [-0.05, 0) is 43.0 Å². The molecule has 112 valence electrons. The van der Waals surface area contributed by atoms with Crippen LogP contribution in [0.3, 0.4) is 0 Å². The molecule has 4 rings (SSSR count). The van der Waals surface area contributed by atoms with Crippen molar-refractivity contribution in [3.05, 3.63) is 59.7 Å². The van der Waals surface area contributed by atoms with Crippen LogP contribution >= 0.6 is 0 Å². The molecule has 0 aliphatic carbocycles. The van der Waals surface area contributed by atoms with Crippen LogP contribution in [0.15, 0.2) is 48.5 Å². The highest BCUT2D eigenvalue weighted by Crippen LogP contribution is 2.32. The number of anilines is 2. The van der Waals surface area contributed by atoms with E-state index in [0.29, 0.717) is 0 Å². The molecule has 2 aliphatic heterocycles. The zero-order chi connectivity index (χ0) is 15.1. The average Bonchev–Trinajstić information content (AvgIpc) is 3.17. The molecule has 2 aliphatic rings. The van der Waals surface area contributed by atoms with Gasteiger partial charge in [0.05, 0.1) is 0 Å². The maximum atomic E-state index is 13.0. The van der Waals surface area contributed by atoms with Crippen molar-refractivity contribution in [2.24, 2.45) is 0 Å². The van der Waals surface area contributed by atoms with Gasteiger partial charge < -0.3 is 9.80 Å². The van der Waals surface area contributed by atoms with E-state index in [2.05, 4.69) is 41.3 Å². The number of hydrogen-bond donors (Lipinski definition) is 0. The van der Waals surface area contributed by atoms with Crippen LogP contribution in [0.5, 0.6) is 0 Å². The van der Waals surface area contributed by atoms with Crippen LogP contribution in [-0.2, 0) is 17.6 Å². The predicted octanol–water partition coefficient (Wildman–Crippen LogP) is 3.03. The molecular formula is C19H20N2O. The van der Waals surface area contributed by atoms with Gasteiger partial charge >= 0.3 is 0 Å². The highest BCUT2D eigenvalue weighted by atomic mass is 16.2. The summed E-state index contributed by atoms with van der Waals surface area (Å²) in [5.41, 5.74) is 4.94. The standard InChI is InChI=1S/C19H20N2O/c1-14(20-12-10-15-6-2-4-8-17(15)20)19(22)21-13-11-16-7-3-5-9-18(16)21/h2-9,14H,10-13H2,1H3/t14-/m0/s1. The van der Waals surface area contributed by atoms with Gasteiger partial charge in [-0.3, -0.25) is 4.79 Å². The quantitative estimate of drug-likeness (QED) is 0.849. The molecule has 0 bridgehead atoms. The fourth-order valence-corrected chi connectivity index (χ4v) is 3.69. The van der Waals surface area contributed by atoms with Gasteiger partial charge in [0.2, 0.25) is 5.91 Å². The van der Waals surface area contributed by atoms with E-state index < -0.39 is 0 Å². The first-order valence-corrected chi connectivity index (χ1v) is 7.99. The maximum absolute atomic E-state index is 13.0. The van der Waals surface area contributed by atoms with E-state index in [1.807, 2.05) is 24.0 Å². The van der Waals surface area contributed by atoms with Crippen molar-refractivity contribution in [1.82, 2.24) is 0 Å². The number of carbonyl (C=O) groups is 1. The summed E-state index contributed by atoms with van der Waals surface area (Å²) >= 11 is 0. The molecule has 0 unspecified atom stereocenters. The lowest BCUT2D eigenvalue weighted by Gasteiger charge is -2.30. The van der Waals surface area contributed by atoms with Crippen molar-refractivity contribution in [3.8, 4) is 0 Å². The van der Waals surface area contributed by atoms with Gasteiger partial charge in [0.1, 0.15) is 6.04 Å². The molecule has 1 amide bonds. The molecule has 0 saturated heterocycles. The van der Waals surface area contributed by atoms with E-state index in [9.17, 15) is 4.79 Å². The summed E-state index contributed by atoms with van der Waals surface area (Å²) in [7, 11) is 0. The van der Waals surface area contributed by atoms with Gasteiger partial charge in [-0.2, -0.15) is 0 Å². The Labute approximate surface area is 131 Å². The van der Waals surface area contributed by atoms with E-state index in [1.54, 1.807) is 0 Å². The summed E-state index contributed by atoms with van der Waals surface area (Å²) in [6.07, 6.45) is 2.00. The van der Waals surface area contributed by atoms with Crippen molar-refractivity contribution >= 4 is 17.3 Å². The first kappa shape index (κ1) is 13.4. The Morgan fingerprint density at radius 3 is 2.27 bits per heavy atom. The number of para-hydroxylation sites is 2. The Kier molecular flexibility index (Phi) is 3.14. The highest BCUT2D eigenvalue weighted by molar-refractivity contribution is 6.00. The van der Waals surface area contributed by atoms with Crippen LogP contribution in [0.1, 0.15) is 18.1 Å². The number of hydrogen-bond acceptors (Lipinski definition) is 2. The molecule has 0 saturated carbocycles. The molecule has 0 N–H and O–H groups in total. The lowest BCUT2D eigenvalue weighted by molar-refractivity contribution is -0.119. The van der Waals surface area contributed by atoms with Crippen molar-refractivity contribution in [2.75, 3.05) is 22.9 Å². The third kappa shape index (κ3) is 2.00. The summed E-state index contributed by atoms with van der Waals surface area (Å²) in [5, 5.41) is 0. The molecule has 3 nitrogen and oxygen atoms in total. The zero-order valence-corrected chi connectivity index (χ0v) is 12.8. The summed E-state index contributed by atoms with van der Waals surface area (Å²) in [6.45, 7) is 3.77. The first-order valence-electron chi connectivity index (χ1n) is 7.99. The minimum Gasteiger partial charge on any atom is -0.359 e. The number of benzene rings is 2. The summed E-state index contributed by atoms with van der Waals surface area (Å²) < 4.78 is 0. The molecule has 2 aromatic carbocycles. The van der Waals surface area contributed by atoms with E-state index in [1.165, 1.54) is 16.8 Å². The summed E-state index contributed by atoms with van der Waals surface area (Å²) in [6, 6.07) is 16.6. The number of fused-ring (bicyclic) bond motifs is 2. The smallest absolute Gasteiger partial charge is 0.249 e. The Balaban J connectivity index is 1.60. The van der Waals surface area contributed by atoms with Crippen molar-refractivity contribution in [2.45, 2.75) is 25.8 Å². The maximum Gasteiger partial charge on any atom is 0.249 e. The van der Waals surface area contributed by atoms with Gasteiger partial charge in [-0.25, -0.2) is 0 Å². The third-order valence-electron chi connectivity index (χ3n) is 4.90. The minimum atomic E-state index is -0.116. The molecule has 2 heterocycles. The van der Waals surface area contributed by atoms with E-state index in [-0.39, 0.29) is 11.9 Å². The predicted molar refractivity (Wildman–Crippen MR) is 89.5 cm³/mol. The molecule has 1 atom stereocenters. The fourth-order valence-electron chi connectivity index (χ4n) is 3.69. The van der Waals surface area contributed by atoms with Gasteiger partial charge in [0.25, 0.3) is 0 Å². The topological polar surface area (TPSA) is 23.6 Å². The first-order chi connectivity index (χ1) is 10.8. The second-order valence-electron chi connectivity index (χ2n) is 6.12. The third-order valence-corrected chi connectivity index (χ3v) is 4.90. The summed E-state index contributed by atoms with van der Waals surface area (Å²) in [4.78, 5) is 17.2. The van der Waals surface area contributed by atoms with Gasteiger partial charge in [-0.15, -0.1) is 0 Å².